The fourth-order valence-corrected chi connectivity index (χ4v) is 1.73. The largest absolute Gasteiger partial charge is 0.297 e. The second-order valence-electron chi connectivity index (χ2n) is 3.39. The van der Waals surface area contributed by atoms with E-state index in [0.717, 1.165) is 0 Å². The fourth-order valence-electron chi connectivity index (χ4n) is 1.30. The van der Waals surface area contributed by atoms with Gasteiger partial charge in [-0.25, -0.2) is 4.39 Å². The molecule has 15 heavy (non-hydrogen) atoms. The molecule has 0 unspecified atom stereocenters. The summed E-state index contributed by atoms with van der Waals surface area (Å²) in [5.74, 6) is -0.297. The Hall–Kier alpha value is -0.570. The molecule has 0 saturated heterocycles. The third-order valence-corrected chi connectivity index (χ3v) is 2.40. The van der Waals surface area contributed by atoms with E-state index in [9.17, 15) is 4.39 Å². The van der Waals surface area contributed by atoms with Crippen LogP contribution >= 0.6 is 23.2 Å². The number of hydrogen-bond donors (Lipinski definition) is 0. The van der Waals surface area contributed by atoms with E-state index in [4.69, 9.17) is 23.2 Å². The highest BCUT2D eigenvalue weighted by molar-refractivity contribution is 6.31. The highest BCUT2D eigenvalue weighted by Gasteiger charge is 2.09. The van der Waals surface area contributed by atoms with Crippen LogP contribution < -0.4 is 0 Å². The summed E-state index contributed by atoms with van der Waals surface area (Å²) in [5, 5.41) is 0.951. The first-order valence-electron chi connectivity index (χ1n) is 4.45. The summed E-state index contributed by atoms with van der Waals surface area (Å²) in [6, 6.07) is 4.65. The Kier molecular flexibility index (Phi) is 4.58. The van der Waals surface area contributed by atoms with Crippen LogP contribution in [0.1, 0.15) is 5.56 Å². The van der Waals surface area contributed by atoms with E-state index in [1.165, 1.54) is 6.07 Å². The van der Waals surface area contributed by atoms with Gasteiger partial charge in [-0.2, -0.15) is 0 Å². The van der Waals surface area contributed by atoms with Crippen molar-refractivity contribution in [3.63, 3.8) is 0 Å². The van der Waals surface area contributed by atoms with E-state index in [-0.39, 0.29) is 5.82 Å². The monoisotopic (exact) mass is 247 g/mol. The van der Waals surface area contributed by atoms with Crippen LogP contribution in [-0.2, 0) is 6.54 Å². The van der Waals surface area contributed by atoms with Crippen LogP contribution in [0.15, 0.2) is 29.8 Å². The molecule has 1 aromatic rings. The fraction of sp³-hybridized carbons (Fsp3) is 0.273. The van der Waals surface area contributed by atoms with Crippen LogP contribution in [0.5, 0.6) is 0 Å². The third kappa shape index (κ3) is 3.82. The maximum atomic E-state index is 13.4. The van der Waals surface area contributed by atoms with Gasteiger partial charge in [-0.3, -0.25) is 4.90 Å². The second kappa shape index (κ2) is 5.50. The summed E-state index contributed by atoms with van der Waals surface area (Å²) in [4.78, 5) is 1.85. The minimum absolute atomic E-state index is 0.297. The van der Waals surface area contributed by atoms with E-state index in [1.807, 2.05) is 11.9 Å². The van der Waals surface area contributed by atoms with Crippen molar-refractivity contribution in [1.82, 2.24) is 4.90 Å². The highest BCUT2D eigenvalue weighted by atomic mass is 35.5. The van der Waals surface area contributed by atoms with Crippen molar-refractivity contribution >= 4 is 23.2 Å². The molecule has 82 valence electrons. The standard InChI is InChI=1S/C11H12Cl2FN/c1-8(12)6-15(2)7-9-10(13)4-3-5-11(9)14/h3-5H,1,6-7H2,2H3. The van der Waals surface area contributed by atoms with Gasteiger partial charge >= 0.3 is 0 Å². The van der Waals surface area contributed by atoms with Crippen LogP contribution in [0.25, 0.3) is 0 Å². The Morgan fingerprint density at radius 1 is 1.53 bits per heavy atom. The molecule has 0 aliphatic rings. The number of halogens is 3. The first-order chi connectivity index (χ1) is 7.00. The Morgan fingerprint density at radius 3 is 2.73 bits per heavy atom. The molecule has 0 amide bonds. The van der Waals surface area contributed by atoms with Gasteiger partial charge in [-0.05, 0) is 19.2 Å². The number of hydrogen-bond acceptors (Lipinski definition) is 1. The van der Waals surface area contributed by atoms with Gasteiger partial charge in [-0.15, -0.1) is 0 Å². The van der Waals surface area contributed by atoms with Gasteiger partial charge in [0.2, 0.25) is 0 Å². The molecule has 1 nitrogen and oxygen atoms in total. The molecule has 0 fully saturated rings. The topological polar surface area (TPSA) is 3.24 Å². The molecule has 0 bridgehead atoms. The van der Waals surface area contributed by atoms with Gasteiger partial charge in [0, 0.05) is 28.7 Å². The number of rotatable bonds is 4. The van der Waals surface area contributed by atoms with Crippen molar-refractivity contribution in [2.45, 2.75) is 6.54 Å². The van der Waals surface area contributed by atoms with Crippen LogP contribution in [0.4, 0.5) is 4.39 Å². The zero-order chi connectivity index (χ0) is 11.4. The summed E-state index contributed by atoms with van der Waals surface area (Å²) in [5.41, 5.74) is 0.486. The van der Waals surface area contributed by atoms with Crippen LogP contribution in [-0.4, -0.2) is 18.5 Å². The zero-order valence-corrected chi connectivity index (χ0v) is 9.95. The van der Waals surface area contributed by atoms with Gasteiger partial charge in [0.05, 0.1) is 0 Å². The summed E-state index contributed by atoms with van der Waals surface area (Å²) < 4.78 is 13.4. The van der Waals surface area contributed by atoms with Crippen molar-refractivity contribution in [2.75, 3.05) is 13.6 Å². The molecule has 0 aromatic heterocycles. The molecule has 0 heterocycles. The quantitative estimate of drug-likeness (QED) is 0.785. The first-order valence-corrected chi connectivity index (χ1v) is 5.21. The third-order valence-electron chi connectivity index (χ3n) is 1.93. The molecule has 1 aromatic carbocycles. The SMILES string of the molecule is C=C(Cl)CN(C)Cc1c(F)cccc1Cl. The van der Waals surface area contributed by atoms with Crippen molar-refractivity contribution in [2.24, 2.45) is 0 Å². The highest BCUT2D eigenvalue weighted by Crippen LogP contribution is 2.20. The average molecular weight is 248 g/mol. The Labute approximate surface area is 99.1 Å². The predicted molar refractivity (Wildman–Crippen MR) is 62.7 cm³/mol. The molecule has 0 N–H and O–H groups in total. The zero-order valence-electron chi connectivity index (χ0n) is 8.43. The molecular formula is C11H12Cl2FN. The van der Waals surface area contributed by atoms with Gasteiger partial charge in [0.15, 0.2) is 0 Å². The Morgan fingerprint density at radius 2 is 2.20 bits per heavy atom. The van der Waals surface area contributed by atoms with Crippen molar-refractivity contribution in [1.29, 1.82) is 0 Å². The van der Waals surface area contributed by atoms with Crippen LogP contribution in [0.3, 0.4) is 0 Å². The molecule has 0 radical (unpaired) electrons. The lowest BCUT2D eigenvalue weighted by atomic mass is 10.2. The predicted octanol–water partition coefficient (Wildman–Crippen LogP) is 3.66. The number of benzene rings is 1. The second-order valence-corrected chi connectivity index (χ2v) is 4.33. The average Bonchev–Trinajstić information content (AvgIpc) is 2.10. The lowest BCUT2D eigenvalue weighted by Crippen LogP contribution is -2.20. The van der Waals surface area contributed by atoms with E-state index in [0.29, 0.717) is 28.7 Å². The van der Waals surface area contributed by atoms with Crippen LogP contribution in [0, 0.1) is 5.82 Å². The molecule has 1 rings (SSSR count). The lowest BCUT2D eigenvalue weighted by Gasteiger charge is -2.16. The minimum atomic E-state index is -0.297. The molecule has 0 aliphatic carbocycles. The maximum absolute atomic E-state index is 13.4. The first kappa shape index (κ1) is 12.5. The van der Waals surface area contributed by atoms with Crippen molar-refractivity contribution in [3.05, 3.63) is 46.2 Å². The normalized spacial score (nSPS) is 10.7. The summed E-state index contributed by atoms with van der Waals surface area (Å²) in [6.07, 6.45) is 0. The molecule has 4 heteroatoms. The van der Waals surface area contributed by atoms with E-state index >= 15 is 0 Å². The van der Waals surface area contributed by atoms with Gasteiger partial charge in [0.1, 0.15) is 5.82 Å². The van der Waals surface area contributed by atoms with E-state index in [2.05, 4.69) is 6.58 Å². The van der Waals surface area contributed by atoms with Gasteiger partial charge in [0.25, 0.3) is 0 Å². The van der Waals surface area contributed by atoms with Crippen molar-refractivity contribution in [3.8, 4) is 0 Å². The molecular weight excluding hydrogens is 236 g/mol. The number of nitrogens with zero attached hydrogens (tertiary/aromatic N) is 1. The number of likely N-dealkylation sites (N-methyl/N-ethyl adjacent to an activating group) is 1. The maximum Gasteiger partial charge on any atom is 0.129 e. The molecule has 0 atom stereocenters. The summed E-state index contributed by atoms with van der Waals surface area (Å²) in [6.45, 7) is 4.50. The van der Waals surface area contributed by atoms with E-state index in [1.54, 1.807) is 12.1 Å². The van der Waals surface area contributed by atoms with Gasteiger partial charge < -0.3 is 0 Å². The molecule has 0 aliphatic heterocycles. The van der Waals surface area contributed by atoms with Crippen LogP contribution in [0.2, 0.25) is 5.02 Å². The van der Waals surface area contributed by atoms with Crippen molar-refractivity contribution < 1.29 is 4.39 Å². The minimum Gasteiger partial charge on any atom is -0.297 e. The Bertz CT molecular complexity index is 345. The van der Waals surface area contributed by atoms with E-state index < -0.39 is 0 Å². The smallest absolute Gasteiger partial charge is 0.129 e. The molecule has 0 saturated carbocycles. The molecule has 0 spiro atoms. The lowest BCUT2D eigenvalue weighted by molar-refractivity contribution is 0.353. The van der Waals surface area contributed by atoms with Gasteiger partial charge in [-0.1, -0.05) is 35.8 Å². The summed E-state index contributed by atoms with van der Waals surface area (Å²) >= 11 is 11.5. The Balaban J connectivity index is 2.76. The summed E-state index contributed by atoms with van der Waals surface area (Å²) in [7, 11) is 1.83.